The van der Waals surface area contributed by atoms with E-state index in [4.69, 9.17) is 4.74 Å². The average molecular weight is 291 g/mol. The van der Waals surface area contributed by atoms with Crippen LogP contribution in [-0.2, 0) is 16.1 Å². The Morgan fingerprint density at radius 3 is 2.76 bits per heavy atom. The first-order valence-electron chi connectivity index (χ1n) is 7.93. The number of quaternary nitrogens is 1. The van der Waals surface area contributed by atoms with Crippen molar-refractivity contribution in [2.75, 3.05) is 19.7 Å². The monoisotopic (exact) mass is 291 g/mol. The molecule has 21 heavy (non-hydrogen) atoms. The quantitative estimate of drug-likeness (QED) is 0.819. The van der Waals surface area contributed by atoms with Crippen molar-refractivity contribution < 1.29 is 14.8 Å². The Labute approximate surface area is 127 Å². The molecule has 0 saturated carbocycles. The molecule has 0 bridgehead atoms. The summed E-state index contributed by atoms with van der Waals surface area (Å²) in [6.07, 6.45) is 2.61. The third-order valence-electron chi connectivity index (χ3n) is 3.91. The second-order valence-electron chi connectivity index (χ2n) is 5.96. The van der Waals surface area contributed by atoms with Crippen LogP contribution in [0.4, 0.5) is 0 Å². The SMILES string of the molecule is CC(C)N(Cc1ccccc1)C(=O)C[NH2+]C[C@H]1CCCO1. The fraction of sp³-hybridized carbons (Fsp3) is 0.588. The van der Waals surface area contributed by atoms with Gasteiger partial charge in [0, 0.05) is 19.2 Å². The molecule has 1 aromatic carbocycles. The number of hydrogen-bond acceptors (Lipinski definition) is 2. The second-order valence-corrected chi connectivity index (χ2v) is 5.96. The van der Waals surface area contributed by atoms with E-state index < -0.39 is 0 Å². The highest BCUT2D eigenvalue weighted by Crippen LogP contribution is 2.10. The summed E-state index contributed by atoms with van der Waals surface area (Å²) in [7, 11) is 0. The predicted molar refractivity (Wildman–Crippen MR) is 82.8 cm³/mol. The molecule has 1 atom stereocenters. The third kappa shape index (κ3) is 5.14. The molecule has 0 spiro atoms. The number of benzene rings is 1. The molecule has 2 N–H and O–H groups in total. The fourth-order valence-electron chi connectivity index (χ4n) is 2.68. The van der Waals surface area contributed by atoms with Crippen LogP contribution in [0.15, 0.2) is 30.3 Å². The van der Waals surface area contributed by atoms with Gasteiger partial charge in [-0.25, -0.2) is 0 Å². The Bertz CT molecular complexity index is 428. The van der Waals surface area contributed by atoms with Crippen molar-refractivity contribution in [3.8, 4) is 0 Å². The molecule has 0 radical (unpaired) electrons. The number of nitrogens with zero attached hydrogens (tertiary/aromatic N) is 1. The minimum Gasteiger partial charge on any atom is -0.372 e. The summed E-state index contributed by atoms with van der Waals surface area (Å²) in [5, 5.41) is 2.08. The molecule has 4 heteroatoms. The second kappa shape index (κ2) is 8.15. The maximum Gasteiger partial charge on any atom is 0.278 e. The van der Waals surface area contributed by atoms with Crippen LogP contribution >= 0.6 is 0 Å². The van der Waals surface area contributed by atoms with Gasteiger partial charge in [0.15, 0.2) is 6.54 Å². The lowest BCUT2D eigenvalue weighted by Gasteiger charge is -2.26. The molecule has 1 amide bonds. The van der Waals surface area contributed by atoms with Crippen LogP contribution < -0.4 is 5.32 Å². The van der Waals surface area contributed by atoms with Gasteiger partial charge in [0.2, 0.25) is 0 Å². The van der Waals surface area contributed by atoms with Gasteiger partial charge in [-0.2, -0.15) is 0 Å². The minimum atomic E-state index is 0.201. The molecule has 0 aliphatic carbocycles. The molecule has 1 aromatic rings. The molecule has 2 rings (SSSR count). The largest absolute Gasteiger partial charge is 0.372 e. The summed E-state index contributed by atoms with van der Waals surface area (Å²) in [6, 6.07) is 10.4. The van der Waals surface area contributed by atoms with E-state index in [0.717, 1.165) is 26.0 Å². The molecule has 1 aliphatic heterocycles. The highest BCUT2D eigenvalue weighted by Gasteiger charge is 2.21. The summed E-state index contributed by atoms with van der Waals surface area (Å²) < 4.78 is 5.58. The fourth-order valence-corrected chi connectivity index (χ4v) is 2.68. The van der Waals surface area contributed by atoms with Crippen LogP contribution in [0.5, 0.6) is 0 Å². The van der Waals surface area contributed by atoms with Gasteiger partial charge >= 0.3 is 0 Å². The number of hydrogen-bond donors (Lipinski definition) is 1. The summed E-state index contributed by atoms with van der Waals surface area (Å²) in [5.41, 5.74) is 1.18. The zero-order valence-electron chi connectivity index (χ0n) is 13.1. The zero-order valence-corrected chi connectivity index (χ0v) is 13.1. The van der Waals surface area contributed by atoms with Gasteiger partial charge in [-0.3, -0.25) is 4.79 Å². The van der Waals surface area contributed by atoms with E-state index in [2.05, 4.69) is 31.3 Å². The summed E-state index contributed by atoms with van der Waals surface area (Å²) in [6.45, 7) is 7.10. The highest BCUT2D eigenvalue weighted by atomic mass is 16.5. The summed E-state index contributed by atoms with van der Waals surface area (Å²) in [4.78, 5) is 14.4. The van der Waals surface area contributed by atoms with Crippen LogP contribution in [0.2, 0.25) is 0 Å². The number of nitrogens with two attached hydrogens (primary N) is 1. The Kier molecular flexibility index (Phi) is 6.21. The van der Waals surface area contributed by atoms with Crippen molar-refractivity contribution in [3.63, 3.8) is 0 Å². The maximum atomic E-state index is 12.4. The Morgan fingerprint density at radius 1 is 1.38 bits per heavy atom. The maximum absolute atomic E-state index is 12.4. The molecule has 1 heterocycles. The Balaban J connectivity index is 1.81. The normalized spacial score (nSPS) is 18.1. The summed E-state index contributed by atoms with van der Waals surface area (Å²) >= 11 is 0. The lowest BCUT2D eigenvalue weighted by Crippen LogP contribution is -2.88. The van der Waals surface area contributed by atoms with E-state index in [1.54, 1.807) is 0 Å². The van der Waals surface area contributed by atoms with Gasteiger partial charge in [0.05, 0.1) is 0 Å². The Morgan fingerprint density at radius 2 is 2.14 bits per heavy atom. The van der Waals surface area contributed by atoms with Gasteiger partial charge in [-0.05, 0) is 32.3 Å². The highest BCUT2D eigenvalue weighted by molar-refractivity contribution is 5.77. The molecule has 1 aliphatic rings. The van der Waals surface area contributed by atoms with Gasteiger partial charge < -0.3 is 15.0 Å². The van der Waals surface area contributed by atoms with Crippen LogP contribution in [0, 0.1) is 0 Å². The first-order chi connectivity index (χ1) is 10.2. The van der Waals surface area contributed by atoms with Crippen molar-refractivity contribution in [3.05, 3.63) is 35.9 Å². The molecular weight excluding hydrogens is 264 g/mol. The lowest BCUT2D eigenvalue weighted by atomic mass is 10.2. The first kappa shape index (κ1) is 16.0. The molecule has 1 saturated heterocycles. The Hall–Kier alpha value is -1.39. The van der Waals surface area contributed by atoms with E-state index in [1.807, 2.05) is 23.1 Å². The minimum absolute atomic E-state index is 0.201. The van der Waals surface area contributed by atoms with E-state index >= 15 is 0 Å². The van der Waals surface area contributed by atoms with Crippen molar-refractivity contribution in [2.24, 2.45) is 0 Å². The van der Waals surface area contributed by atoms with Crippen molar-refractivity contribution in [1.82, 2.24) is 4.90 Å². The van der Waals surface area contributed by atoms with E-state index in [-0.39, 0.29) is 11.9 Å². The van der Waals surface area contributed by atoms with Gasteiger partial charge in [-0.1, -0.05) is 30.3 Å². The number of ether oxygens (including phenoxy) is 1. The molecule has 1 fully saturated rings. The molecular formula is C17H27N2O2+. The number of carbonyl (C=O) groups excluding carboxylic acids is 1. The average Bonchev–Trinajstić information content (AvgIpc) is 2.98. The molecule has 4 nitrogen and oxygen atoms in total. The van der Waals surface area contributed by atoms with E-state index in [0.29, 0.717) is 19.2 Å². The van der Waals surface area contributed by atoms with Crippen molar-refractivity contribution in [2.45, 2.75) is 45.4 Å². The van der Waals surface area contributed by atoms with E-state index in [9.17, 15) is 4.79 Å². The smallest absolute Gasteiger partial charge is 0.278 e. The van der Waals surface area contributed by atoms with Gasteiger partial charge in [0.25, 0.3) is 5.91 Å². The van der Waals surface area contributed by atoms with Crippen LogP contribution in [0.25, 0.3) is 0 Å². The van der Waals surface area contributed by atoms with Crippen molar-refractivity contribution >= 4 is 5.91 Å². The van der Waals surface area contributed by atoms with Gasteiger partial charge in [0.1, 0.15) is 12.6 Å². The number of rotatable bonds is 7. The number of carbonyl (C=O) groups is 1. The molecule has 0 unspecified atom stereocenters. The number of amides is 1. The van der Waals surface area contributed by atoms with Gasteiger partial charge in [-0.15, -0.1) is 0 Å². The standard InChI is InChI=1S/C17H26N2O2/c1-14(2)19(13-15-7-4-3-5-8-15)17(20)12-18-11-16-9-6-10-21-16/h3-5,7-8,14,16,18H,6,9-13H2,1-2H3/p+1/t16-/m1/s1. The van der Waals surface area contributed by atoms with Crippen LogP contribution in [-0.4, -0.2) is 42.6 Å². The zero-order chi connectivity index (χ0) is 15.1. The third-order valence-corrected chi connectivity index (χ3v) is 3.91. The summed E-state index contributed by atoms with van der Waals surface area (Å²) in [5.74, 6) is 0.201. The predicted octanol–water partition coefficient (Wildman–Crippen LogP) is 1.17. The van der Waals surface area contributed by atoms with Crippen LogP contribution in [0.1, 0.15) is 32.3 Å². The molecule has 116 valence electrons. The van der Waals surface area contributed by atoms with Crippen LogP contribution in [0.3, 0.4) is 0 Å². The van der Waals surface area contributed by atoms with Crippen molar-refractivity contribution in [1.29, 1.82) is 0 Å². The first-order valence-corrected chi connectivity index (χ1v) is 7.93. The molecule has 0 aromatic heterocycles. The van der Waals surface area contributed by atoms with E-state index in [1.165, 1.54) is 5.56 Å². The lowest BCUT2D eigenvalue weighted by molar-refractivity contribution is -0.650. The topological polar surface area (TPSA) is 46.2 Å².